The minimum Gasteiger partial charge on any atom is -0.855 e. The summed E-state index contributed by atoms with van der Waals surface area (Å²) in [6.45, 7) is 6.17. The third-order valence-electron chi connectivity index (χ3n) is 0.365. The minimum absolute atomic E-state index is 0. The molecule has 0 spiro atoms. The normalized spacial score (nSPS) is 6.30. The zero-order valence-corrected chi connectivity index (χ0v) is 8.68. The van der Waals surface area contributed by atoms with Crippen molar-refractivity contribution in [3.8, 4) is 0 Å². The van der Waals surface area contributed by atoms with Crippen LogP contribution in [0.5, 0.6) is 0 Å². The summed E-state index contributed by atoms with van der Waals surface area (Å²) < 4.78 is 0. The Hall–Kier alpha value is 0.170. The van der Waals surface area contributed by atoms with Gasteiger partial charge in [-0.1, -0.05) is 13.5 Å². The Morgan fingerprint density at radius 3 is 1.80 bits per heavy atom. The third kappa shape index (κ3) is 24.2. The quantitative estimate of drug-likeness (QED) is 0.324. The van der Waals surface area contributed by atoms with Gasteiger partial charge in [-0.05, 0) is 6.92 Å². The average Bonchev–Trinajstić information content (AvgIpc) is 1.68. The van der Waals surface area contributed by atoms with Gasteiger partial charge in [0.2, 0.25) is 0 Å². The second kappa shape index (κ2) is 11.9. The summed E-state index contributed by atoms with van der Waals surface area (Å²) in [7, 11) is 0. The number of hydrogen-bond donors (Lipinski definition) is 1. The van der Waals surface area contributed by atoms with Crippen molar-refractivity contribution in [2.75, 3.05) is 6.61 Å². The molecule has 0 aliphatic rings. The van der Waals surface area contributed by atoms with Crippen LogP contribution in [0.1, 0.15) is 13.8 Å². The van der Waals surface area contributed by atoms with Gasteiger partial charge in [0.15, 0.2) is 0 Å². The standard InChI is InChI=1S/C4H6O2.C2H5O.Na/c1-3(2)4(5)6;1-2-3;/h1H2,2H3,(H,5,6);2H2,1H3;/q;-1;+1. The van der Waals surface area contributed by atoms with Gasteiger partial charge in [0.05, 0.1) is 0 Å². The van der Waals surface area contributed by atoms with Gasteiger partial charge >= 0.3 is 35.5 Å². The van der Waals surface area contributed by atoms with E-state index in [1.165, 1.54) is 6.92 Å². The molecule has 0 aromatic carbocycles. The number of rotatable bonds is 1. The Balaban J connectivity index is -0.000000107. The summed E-state index contributed by atoms with van der Waals surface area (Å²) in [5.41, 5.74) is 0.176. The molecule has 0 aromatic heterocycles. The van der Waals surface area contributed by atoms with Crippen molar-refractivity contribution in [1.82, 2.24) is 0 Å². The van der Waals surface area contributed by atoms with E-state index >= 15 is 0 Å². The first-order valence-corrected chi connectivity index (χ1v) is 2.53. The molecule has 0 atom stereocenters. The van der Waals surface area contributed by atoms with Crippen LogP contribution in [0.3, 0.4) is 0 Å². The van der Waals surface area contributed by atoms with Crippen LogP contribution in [-0.4, -0.2) is 17.7 Å². The molecule has 0 bridgehead atoms. The summed E-state index contributed by atoms with van der Waals surface area (Å²) >= 11 is 0. The molecule has 0 saturated carbocycles. The molecule has 0 aliphatic carbocycles. The van der Waals surface area contributed by atoms with E-state index in [1.807, 2.05) is 0 Å². The van der Waals surface area contributed by atoms with Crippen LogP contribution < -0.4 is 34.7 Å². The van der Waals surface area contributed by atoms with E-state index in [1.54, 1.807) is 6.92 Å². The zero-order chi connectivity index (χ0) is 7.86. The second-order valence-electron chi connectivity index (χ2n) is 1.37. The molecule has 0 unspecified atom stereocenters. The Labute approximate surface area is 83.0 Å². The molecule has 10 heavy (non-hydrogen) atoms. The van der Waals surface area contributed by atoms with Crippen molar-refractivity contribution < 1.29 is 44.6 Å². The van der Waals surface area contributed by atoms with Gasteiger partial charge in [-0.15, -0.1) is 6.61 Å². The molecule has 0 heterocycles. The first-order valence-electron chi connectivity index (χ1n) is 2.53. The molecule has 0 radical (unpaired) electrons. The summed E-state index contributed by atoms with van der Waals surface area (Å²) in [4.78, 5) is 9.60. The monoisotopic (exact) mass is 154 g/mol. The number of carbonyl (C=O) groups is 1. The molecule has 0 rings (SSSR count). The molecule has 1 N–H and O–H groups in total. The zero-order valence-electron chi connectivity index (χ0n) is 6.68. The van der Waals surface area contributed by atoms with E-state index in [4.69, 9.17) is 10.2 Å². The van der Waals surface area contributed by atoms with Crippen molar-refractivity contribution in [3.63, 3.8) is 0 Å². The van der Waals surface area contributed by atoms with Crippen molar-refractivity contribution >= 4 is 5.97 Å². The minimum atomic E-state index is -0.935. The van der Waals surface area contributed by atoms with Gasteiger partial charge in [0, 0.05) is 5.57 Å². The van der Waals surface area contributed by atoms with E-state index in [0.29, 0.717) is 0 Å². The van der Waals surface area contributed by atoms with Crippen LogP contribution in [0, 0.1) is 0 Å². The molecule has 0 fully saturated rings. The topological polar surface area (TPSA) is 60.4 Å². The fraction of sp³-hybridized carbons (Fsp3) is 0.500. The average molecular weight is 154 g/mol. The second-order valence-corrected chi connectivity index (χ2v) is 1.37. The summed E-state index contributed by atoms with van der Waals surface area (Å²) in [6, 6.07) is 0. The molecule has 0 aliphatic heterocycles. The number of carboxylic acid groups (broad SMARTS) is 1. The SMILES string of the molecule is C=C(C)C(=O)O.CC[O-].[Na+]. The van der Waals surface area contributed by atoms with Crippen molar-refractivity contribution in [2.45, 2.75) is 13.8 Å². The molecule has 3 nitrogen and oxygen atoms in total. The molecule has 0 saturated heterocycles. The Morgan fingerprint density at radius 1 is 1.70 bits per heavy atom. The van der Waals surface area contributed by atoms with Gasteiger partial charge in [-0.25, -0.2) is 4.79 Å². The van der Waals surface area contributed by atoms with E-state index in [2.05, 4.69) is 6.58 Å². The Morgan fingerprint density at radius 2 is 1.80 bits per heavy atom. The smallest absolute Gasteiger partial charge is 0.855 e. The van der Waals surface area contributed by atoms with E-state index in [9.17, 15) is 4.79 Å². The van der Waals surface area contributed by atoms with Gasteiger partial charge in [-0.2, -0.15) is 0 Å². The number of carboxylic acids is 1. The van der Waals surface area contributed by atoms with Crippen LogP contribution in [0.2, 0.25) is 0 Å². The molecule has 0 aromatic rings. The van der Waals surface area contributed by atoms with Gasteiger partial charge in [0.1, 0.15) is 0 Å². The first-order chi connectivity index (χ1) is 4.06. The maximum Gasteiger partial charge on any atom is 1.00 e. The van der Waals surface area contributed by atoms with Crippen molar-refractivity contribution in [3.05, 3.63) is 12.2 Å². The maximum atomic E-state index is 9.60. The Kier molecular flexibility index (Phi) is 19.8. The van der Waals surface area contributed by atoms with Crippen LogP contribution >= 0.6 is 0 Å². The molecule has 0 amide bonds. The van der Waals surface area contributed by atoms with E-state index in [0.717, 1.165) is 0 Å². The summed E-state index contributed by atoms with van der Waals surface area (Å²) in [6.07, 6.45) is 0. The fourth-order valence-electron chi connectivity index (χ4n) is 0. The summed E-state index contributed by atoms with van der Waals surface area (Å²) in [5, 5.41) is 16.8. The number of hydrogen-bond acceptors (Lipinski definition) is 2. The van der Waals surface area contributed by atoms with Crippen LogP contribution in [0.4, 0.5) is 0 Å². The third-order valence-corrected chi connectivity index (χ3v) is 0.365. The van der Waals surface area contributed by atoms with E-state index in [-0.39, 0.29) is 41.7 Å². The molecular weight excluding hydrogens is 143 g/mol. The van der Waals surface area contributed by atoms with Gasteiger partial charge in [0.25, 0.3) is 0 Å². The first kappa shape index (κ1) is 16.6. The largest absolute Gasteiger partial charge is 1.00 e. The van der Waals surface area contributed by atoms with Gasteiger partial charge < -0.3 is 10.2 Å². The van der Waals surface area contributed by atoms with Crippen molar-refractivity contribution in [2.24, 2.45) is 0 Å². The predicted molar refractivity (Wildman–Crippen MR) is 33.0 cm³/mol. The van der Waals surface area contributed by atoms with Crippen LogP contribution in [0.25, 0.3) is 0 Å². The van der Waals surface area contributed by atoms with Crippen molar-refractivity contribution in [1.29, 1.82) is 0 Å². The molecular formula is C6H11NaO3. The molecule has 54 valence electrons. The maximum absolute atomic E-state index is 9.60. The van der Waals surface area contributed by atoms with Gasteiger partial charge in [-0.3, -0.25) is 0 Å². The predicted octanol–water partition coefficient (Wildman–Crippen LogP) is -2.98. The summed E-state index contributed by atoms with van der Waals surface area (Å²) in [5.74, 6) is -0.935. The number of aliphatic carboxylic acids is 1. The van der Waals surface area contributed by atoms with E-state index < -0.39 is 5.97 Å². The van der Waals surface area contributed by atoms with Crippen LogP contribution in [0.15, 0.2) is 12.2 Å². The fourth-order valence-corrected chi connectivity index (χ4v) is 0. The Bertz CT molecular complexity index is 89.2. The van der Waals surface area contributed by atoms with Crippen LogP contribution in [-0.2, 0) is 4.79 Å². The molecule has 4 heteroatoms.